The second-order valence-electron chi connectivity index (χ2n) is 9.39. The number of ether oxygens (including phenoxy) is 1. The summed E-state index contributed by atoms with van der Waals surface area (Å²) in [5.74, 6) is 0.454. The van der Waals surface area contributed by atoms with Crippen molar-refractivity contribution < 1.29 is 13.9 Å². The van der Waals surface area contributed by atoms with Crippen LogP contribution in [0.4, 0.5) is 4.39 Å². The molecule has 0 atom stereocenters. The monoisotopic (exact) mass is 475 g/mol. The molecule has 3 aromatic rings. The number of nitrogens with one attached hydrogen (secondary N) is 1. The molecule has 3 aromatic carbocycles. The predicted molar refractivity (Wildman–Crippen MR) is 138 cm³/mol. The van der Waals surface area contributed by atoms with Gasteiger partial charge in [0, 0.05) is 38.3 Å². The van der Waals surface area contributed by atoms with E-state index in [1.54, 1.807) is 0 Å². The maximum atomic E-state index is 13.2. The molecule has 0 bridgehead atoms. The van der Waals surface area contributed by atoms with Gasteiger partial charge in [0.05, 0.1) is 0 Å². The molecule has 0 radical (unpaired) electrons. The lowest BCUT2D eigenvalue weighted by molar-refractivity contribution is 0.0935. The van der Waals surface area contributed by atoms with Crippen molar-refractivity contribution >= 4 is 5.91 Å². The molecule has 1 amide bonds. The summed E-state index contributed by atoms with van der Waals surface area (Å²) < 4.78 is 19.5. The van der Waals surface area contributed by atoms with Crippen molar-refractivity contribution in [3.05, 3.63) is 89.7 Å². The molecule has 0 unspecified atom stereocenters. The van der Waals surface area contributed by atoms with E-state index >= 15 is 0 Å². The molecule has 0 saturated carbocycles. The van der Waals surface area contributed by atoms with Gasteiger partial charge in [-0.3, -0.25) is 9.69 Å². The van der Waals surface area contributed by atoms with Crippen molar-refractivity contribution in [1.29, 1.82) is 0 Å². The molecule has 184 valence electrons. The highest BCUT2D eigenvalue weighted by Crippen LogP contribution is 2.24. The van der Waals surface area contributed by atoms with Gasteiger partial charge in [0.15, 0.2) is 0 Å². The first kappa shape index (κ1) is 24.9. The molecule has 0 spiro atoms. The molecule has 1 heterocycles. The van der Waals surface area contributed by atoms with Crippen LogP contribution in [0.3, 0.4) is 0 Å². The fraction of sp³-hybridized carbons (Fsp3) is 0.345. The van der Waals surface area contributed by atoms with Crippen LogP contribution in [-0.4, -0.2) is 62.1 Å². The Balaban J connectivity index is 1.27. The molecule has 5 nitrogen and oxygen atoms in total. The number of hydrogen-bond acceptors (Lipinski definition) is 4. The highest BCUT2D eigenvalue weighted by molar-refractivity contribution is 5.94. The van der Waals surface area contributed by atoms with E-state index < -0.39 is 0 Å². The highest BCUT2D eigenvalue weighted by Gasteiger charge is 2.21. The number of likely N-dealkylation sites (tertiary alicyclic amines) is 1. The number of amides is 1. The molecule has 1 N–H and O–H groups in total. The van der Waals surface area contributed by atoms with E-state index in [0.717, 1.165) is 55.9 Å². The fourth-order valence-electron chi connectivity index (χ4n) is 4.33. The maximum Gasteiger partial charge on any atom is 0.251 e. The van der Waals surface area contributed by atoms with Gasteiger partial charge in [0.2, 0.25) is 0 Å². The summed E-state index contributed by atoms with van der Waals surface area (Å²) in [6, 6.07) is 22.5. The third-order valence-electron chi connectivity index (χ3n) is 6.29. The molecule has 1 saturated heterocycles. The quantitative estimate of drug-likeness (QED) is 0.482. The summed E-state index contributed by atoms with van der Waals surface area (Å²) in [4.78, 5) is 16.9. The molecule has 1 aliphatic heterocycles. The van der Waals surface area contributed by atoms with E-state index in [1.165, 1.54) is 17.7 Å². The smallest absolute Gasteiger partial charge is 0.251 e. The van der Waals surface area contributed by atoms with Crippen molar-refractivity contribution in [1.82, 2.24) is 15.1 Å². The Hall–Kier alpha value is -3.22. The first-order chi connectivity index (χ1) is 17.0. The standard InChI is InChI=1S/C29H34FN3O2/c1-32(2)18-15-31-29(34)25-7-4-8-28(20-25)35-27-13-16-33(17-14-27)21-22-5-3-6-24(19-22)23-9-11-26(30)12-10-23/h3-12,19-20,27H,13-18,21H2,1-2H3,(H,31,34). The summed E-state index contributed by atoms with van der Waals surface area (Å²) in [5, 5.41) is 2.95. The Labute approximate surface area is 207 Å². The average Bonchev–Trinajstić information content (AvgIpc) is 2.86. The van der Waals surface area contributed by atoms with E-state index in [1.807, 2.05) is 55.4 Å². The first-order valence-electron chi connectivity index (χ1n) is 12.2. The Morgan fingerprint density at radius 3 is 2.49 bits per heavy atom. The highest BCUT2D eigenvalue weighted by atomic mass is 19.1. The van der Waals surface area contributed by atoms with Crippen LogP contribution in [0.2, 0.25) is 0 Å². The minimum atomic E-state index is -0.218. The second-order valence-corrected chi connectivity index (χ2v) is 9.39. The largest absolute Gasteiger partial charge is 0.490 e. The number of nitrogens with zero attached hydrogens (tertiary/aromatic N) is 2. The van der Waals surface area contributed by atoms with Gasteiger partial charge in [0.1, 0.15) is 17.7 Å². The summed E-state index contributed by atoms with van der Waals surface area (Å²) in [6.45, 7) is 4.20. The molecule has 0 aliphatic carbocycles. The van der Waals surface area contributed by atoms with Gasteiger partial charge in [-0.2, -0.15) is 0 Å². The number of carbonyl (C=O) groups is 1. The lowest BCUT2D eigenvalue weighted by Crippen LogP contribution is -2.37. The van der Waals surface area contributed by atoms with E-state index in [0.29, 0.717) is 12.1 Å². The van der Waals surface area contributed by atoms with Crippen molar-refractivity contribution in [3.8, 4) is 16.9 Å². The number of piperidine rings is 1. The van der Waals surface area contributed by atoms with E-state index in [9.17, 15) is 9.18 Å². The van der Waals surface area contributed by atoms with Crippen molar-refractivity contribution in [2.24, 2.45) is 0 Å². The topological polar surface area (TPSA) is 44.8 Å². The number of rotatable bonds is 9. The van der Waals surface area contributed by atoms with Crippen molar-refractivity contribution in [3.63, 3.8) is 0 Å². The van der Waals surface area contributed by atoms with E-state index in [2.05, 4.69) is 34.5 Å². The van der Waals surface area contributed by atoms with Crippen molar-refractivity contribution in [2.45, 2.75) is 25.5 Å². The Kier molecular flexibility index (Phi) is 8.50. The fourth-order valence-corrected chi connectivity index (χ4v) is 4.33. The molecule has 4 rings (SSSR count). The van der Waals surface area contributed by atoms with Gasteiger partial charge in [-0.15, -0.1) is 0 Å². The Morgan fingerprint density at radius 2 is 1.74 bits per heavy atom. The molecule has 1 fully saturated rings. The van der Waals surface area contributed by atoms with Gasteiger partial charge < -0.3 is 15.0 Å². The number of hydrogen-bond donors (Lipinski definition) is 1. The zero-order valence-electron chi connectivity index (χ0n) is 20.5. The summed E-state index contributed by atoms with van der Waals surface area (Å²) in [7, 11) is 3.97. The summed E-state index contributed by atoms with van der Waals surface area (Å²) >= 11 is 0. The molecule has 6 heteroatoms. The van der Waals surface area contributed by atoms with Crippen LogP contribution >= 0.6 is 0 Å². The van der Waals surface area contributed by atoms with Crippen LogP contribution in [0, 0.1) is 5.82 Å². The zero-order chi connectivity index (χ0) is 24.6. The number of halogens is 1. The van der Waals surface area contributed by atoms with Gasteiger partial charge in [-0.1, -0.05) is 36.4 Å². The van der Waals surface area contributed by atoms with E-state index in [4.69, 9.17) is 4.74 Å². The van der Waals surface area contributed by atoms with E-state index in [-0.39, 0.29) is 17.8 Å². The first-order valence-corrected chi connectivity index (χ1v) is 12.2. The summed E-state index contributed by atoms with van der Waals surface area (Å²) in [6.07, 6.45) is 2.03. The third-order valence-corrected chi connectivity index (χ3v) is 6.29. The summed E-state index contributed by atoms with van der Waals surface area (Å²) in [5.41, 5.74) is 4.00. The van der Waals surface area contributed by atoms with Crippen LogP contribution in [0.1, 0.15) is 28.8 Å². The molecule has 35 heavy (non-hydrogen) atoms. The zero-order valence-corrected chi connectivity index (χ0v) is 20.5. The minimum absolute atomic E-state index is 0.0741. The SMILES string of the molecule is CN(C)CCNC(=O)c1cccc(OC2CCN(Cc3cccc(-c4ccc(F)cc4)c3)CC2)c1. The normalized spacial score (nSPS) is 14.7. The lowest BCUT2D eigenvalue weighted by Gasteiger charge is -2.32. The van der Waals surface area contributed by atoms with Gasteiger partial charge in [0.25, 0.3) is 5.91 Å². The van der Waals surface area contributed by atoms with Crippen LogP contribution in [0.25, 0.3) is 11.1 Å². The van der Waals surface area contributed by atoms with Crippen molar-refractivity contribution in [2.75, 3.05) is 40.3 Å². The lowest BCUT2D eigenvalue weighted by atomic mass is 10.0. The van der Waals surface area contributed by atoms with Gasteiger partial charge in [-0.25, -0.2) is 4.39 Å². The minimum Gasteiger partial charge on any atom is -0.490 e. The number of carbonyl (C=O) groups excluding carboxylic acids is 1. The van der Waals surface area contributed by atoms with Crippen LogP contribution in [0.15, 0.2) is 72.8 Å². The maximum absolute atomic E-state index is 13.2. The van der Waals surface area contributed by atoms with Crippen LogP contribution < -0.4 is 10.1 Å². The third kappa shape index (κ3) is 7.38. The molecule has 1 aliphatic rings. The number of benzene rings is 3. The van der Waals surface area contributed by atoms with Crippen LogP contribution in [0.5, 0.6) is 5.75 Å². The molecule has 0 aromatic heterocycles. The average molecular weight is 476 g/mol. The Bertz CT molecular complexity index is 1110. The number of likely N-dealkylation sites (N-methyl/N-ethyl adjacent to an activating group) is 1. The van der Waals surface area contributed by atoms with Gasteiger partial charge in [-0.05, 0) is 80.0 Å². The Morgan fingerprint density at radius 1 is 1.00 bits per heavy atom. The second kappa shape index (κ2) is 12.0. The molecular formula is C29H34FN3O2. The van der Waals surface area contributed by atoms with Gasteiger partial charge >= 0.3 is 0 Å². The van der Waals surface area contributed by atoms with Crippen LogP contribution in [-0.2, 0) is 6.54 Å². The predicted octanol–water partition coefficient (Wildman–Crippen LogP) is 4.83. The molecular weight excluding hydrogens is 441 g/mol.